The number of aryl methyl sites for hydroxylation is 2. The molecule has 0 radical (unpaired) electrons. The Morgan fingerprint density at radius 1 is 1.35 bits per heavy atom. The summed E-state index contributed by atoms with van der Waals surface area (Å²) >= 11 is 0. The van der Waals surface area contributed by atoms with Gasteiger partial charge in [0.1, 0.15) is 0 Å². The molecule has 0 aliphatic heterocycles. The summed E-state index contributed by atoms with van der Waals surface area (Å²) in [4.78, 5) is 11.8. The van der Waals surface area contributed by atoms with Crippen molar-refractivity contribution in [3.8, 4) is 0 Å². The van der Waals surface area contributed by atoms with E-state index in [-0.39, 0.29) is 5.97 Å². The van der Waals surface area contributed by atoms with Crippen LogP contribution in [0.15, 0.2) is 23.1 Å². The lowest BCUT2D eigenvalue weighted by atomic mass is 10.2. The van der Waals surface area contributed by atoms with E-state index in [1.54, 1.807) is 0 Å². The van der Waals surface area contributed by atoms with Crippen LogP contribution in [-0.2, 0) is 20.3 Å². The van der Waals surface area contributed by atoms with Gasteiger partial charge in [-0.3, -0.25) is 9.00 Å². The molecule has 0 spiro atoms. The van der Waals surface area contributed by atoms with E-state index in [2.05, 4.69) is 4.74 Å². The predicted molar refractivity (Wildman–Crippen MR) is 68.4 cm³/mol. The van der Waals surface area contributed by atoms with Gasteiger partial charge < -0.3 is 4.74 Å². The Labute approximate surface area is 105 Å². The summed E-state index contributed by atoms with van der Waals surface area (Å²) < 4.78 is 16.6. The molecule has 4 heteroatoms. The smallest absolute Gasteiger partial charge is 0.305 e. The minimum Gasteiger partial charge on any atom is -0.469 e. The molecule has 0 N–H and O–H groups in total. The van der Waals surface area contributed by atoms with Crippen molar-refractivity contribution < 1.29 is 13.7 Å². The highest BCUT2D eigenvalue weighted by molar-refractivity contribution is 7.85. The molecule has 0 bridgehead atoms. The minimum absolute atomic E-state index is 0.247. The molecule has 0 aliphatic rings. The molecule has 0 saturated heterocycles. The fourth-order valence-corrected chi connectivity index (χ4v) is 2.88. The number of carbonyl (C=O) groups is 1. The number of hydrogen-bond donors (Lipinski definition) is 0. The van der Waals surface area contributed by atoms with Crippen LogP contribution in [0.2, 0.25) is 0 Å². The minimum atomic E-state index is -1.03. The third-order valence-corrected chi connectivity index (χ3v) is 4.12. The third-order valence-electron chi connectivity index (χ3n) is 2.53. The van der Waals surface area contributed by atoms with Gasteiger partial charge >= 0.3 is 5.97 Å². The van der Waals surface area contributed by atoms with E-state index in [9.17, 15) is 9.00 Å². The van der Waals surface area contributed by atoms with Gasteiger partial charge in [0.25, 0.3) is 0 Å². The standard InChI is InChI=1S/C13H18O3S/c1-10-6-7-11(2)12(9-10)17(15)8-4-5-13(14)16-3/h6-7,9H,4-5,8H2,1-3H3. The highest BCUT2D eigenvalue weighted by atomic mass is 32.2. The first-order valence-electron chi connectivity index (χ1n) is 5.57. The zero-order chi connectivity index (χ0) is 12.8. The molecule has 0 saturated carbocycles. The van der Waals surface area contributed by atoms with Crippen LogP contribution < -0.4 is 0 Å². The molecule has 94 valence electrons. The normalized spacial score (nSPS) is 12.2. The Hall–Kier alpha value is -1.16. The Bertz CT molecular complexity index is 427. The van der Waals surface area contributed by atoms with E-state index in [1.165, 1.54) is 7.11 Å². The summed E-state index contributed by atoms with van der Waals surface area (Å²) in [5.41, 5.74) is 2.14. The first kappa shape index (κ1) is 13.9. The Balaban J connectivity index is 2.58. The number of rotatable bonds is 5. The Morgan fingerprint density at radius 2 is 2.06 bits per heavy atom. The average molecular weight is 254 g/mol. The number of benzene rings is 1. The van der Waals surface area contributed by atoms with Crippen molar-refractivity contribution in [2.45, 2.75) is 31.6 Å². The molecule has 3 nitrogen and oxygen atoms in total. The number of ether oxygens (including phenoxy) is 1. The van der Waals surface area contributed by atoms with Crippen LogP contribution >= 0.6 is 0 Å². The van der Waals surface area contributed by atoms with E-state index in [0.29, 0.717) is 18.6 Å². The second-order valence-corrected chi connectivity index (χ2v) is 5.54. The van der Waals surface area contributed by atoms with Crippen molar-refractivity contribution in [1.82, 2.24) is 0 Å². The molecule has 0 fully saturated rings. The molecule has 1 aromatic rings. The van der Waals surface area contributed by atoms with Crippen molar-refractivity contribution in [3.05, 3.63) is 29.3 Å². The predicted octanol–water partition coefficient (Wildman–Crippen LogP) is 2.36. The molecule has 1 rings (SSSR count). The van der Waals surface area contributed by atoms with Gasteiger partial charge in [-0.25, -0.2) is 0 Å². The van der Waals surface area contributed by atoms with Crippen molar-refractivity contribution >= 4 is 16.8 Å². The zero-order valence-corrected chi connectivity index (χ0v) is 11.3. The Morgan fingerprint density at radius 3 is 2.71 bits per heavy atom. The lowest BCUT2D eigenvalue weighted by Gasteiger charge is -2.06. The molecule has 0 amide bonds. The maximum absolute atomic E-state index is 12.0. The quantitative estimate of drug-likeness (QED) is 0.758. The van der Waals surface area contributed by atoms with Crippen LogP contribution in [0, 0.1) is 13.8 Å². The average Bonchev–Trinajstić information content (AvgIpc) is 2.31. The lowest BCUT2D eigenvalue weighted by Crippen LogP contribution is -2.05. The summed E-state index contributed by atoms with van der Waals surface area (Å²) in [5, 5.41) is 0. The first-order chi connectivity index (χ1) is 8.04. The van der Waals surface area contributed by atoms with Gasteiger partial charge in [0.2, 0.25) is 0 Å². The summed E-state index contributed by atoms with van der Waals surface area (Å²) in [6.07, 6.45) is 0.916. The molecular formula is C13H18O3S. The van der Waals surface area contributed by atoms with E-state index < -0.39 is 10.8 Å². The molecule has 17 heavy (non-hydrogen) atoms. The highest BCUT2D eigenvalue weighted by Crippen LogP contribution is 2.16. The molecule has 1 aromatic carbocycles. The molecule has 0 heterocycles. The SMILES string of the molecule is COC(=O)CCCS(=O)c1cc(C)ccc1C. The monoisotopic (exact) mass is 254 g/mol. The van der Waals surface area contributed by atoms with Crippen molar-refractivity contribution in [2.24, 2.45) is 0 Å². The maximum atomic E-state index is 12.0. The number of hydrogen-bond acceptors (Lipinski definition) is 3. The number of methoxy groups -OCH3 is 1. The molecule has 1 unspecified atom stereocenters. The third kappa shape index (κ3) is 4.30. The second kappa shape index (κ2) is 6.55. The second-order valence-electron chi connectivity index (χ2n) is 4.00. The van der Waals surface area contributed by atoms with E-state index in [1.807, 2.05) is 32.0 Å². The number of carbonyl (C=O) groups excluding carboxylic acids is 1. The number of esters is 1. The molecular weight excluding hydrogens is 236 g/mol. The van der Waals surface area contributed by atoms with Crippen LogP contribution in [0.4, 0.5) is 0 Å². The first-order valence-corrected chi connectivity index (χ1v) is 6.89. The molecule has 1 atom stereocenters. The van der Waals surface area contributed by atoms with Crippen molar-refractivity contribution in [2.75, 3.05) is 12.9 Å². The Kier molecular flexibility index (Phi) is 5.35. The van der Waals surface area contributed by atoms with Gasteiger partial charge in [0.05, 0.1) is 17.9 Å². The zero-order valence-electron chi connectivity index (χ0n) is 10.5. The van der Waals surface area contributed by atoms with Gasteiger partial charge in [-0.15, -0.1) is 0 Å². The maximum Gasteiger partial charge on any atom is 0.305 e. The van der Waals surface area contributed by atoms with E-state index in [0.717, 1.165) is 16.0 Å². The van der Waals surface area contributed by atoms with Crippen molar-refractivity contribution in [1.29, 1.82) is 0 Å². The van der Waals surface area contributed by atoms with Crippen LogP contribution in [-0.4, -0.2) is 23.0 Å². The van der Waals surface area contributed by atoms with Gasteiger partial charge in [-0.2, -0.15) is 0 Å². The summed E-state index contributed by atoms with van der Waals surface area (Å²) in [6.45, 7) is 3.93. The summed E-state index contributed by atoms with van der Waals surface area (Å²) in [5.74, 6) is 0.252. The topological polar surface area (TPSA) is 43.4 Å². The lowest BCUT2D eigenvalue weighted by molar-refractivity contribution is -0.140. The largest absolute Gasteiger partial charge is 0.469 e. The van der Waals surface area contributed by atoms with Gasteiger partial charge in [0.15, 0.2) is 0 Å². The fraction of sp³-hybridized carbons (Fsp3) is 0.462. The van der Waals surface area contributed by atoms with Gasteiger partial charge in [-0.05, 0) is 37.5 Å². The fourth-order valence-electron chi connectivity index (χ4n) is 1.51. The van der Waals surface area contributed by atoms with Crippen LogP contribution in [0.1, 0.15) is 24.0 Å². The molecule has 0 aromatic heterocycles. The van der Waals surface area contributed by atoms with Gasteiger partial charge in [0, 0.05) is 17.1 Å². The summed E-state index contributed by atoms with van der Waals surface area (Å²) in [6, 6.07) is 5.93. The van der Waals surface area contributed by atoms with E-state index in [4.69, 9.17) is 0 Å². The van der Waals surface area contributed by atoms with Crippen LogP contribution in [0.5, 0.6) is 0 Å². The van der Waals surface area contributed by atoms with E-state index >= 15 is 0 Å². The molecule has 0 aliphatic carbocycles. The van der Waals surface area contributed by atoms with Crippen LogP contribution in [0.25, 0.3) is 0 Å². The van der Waals surface area contributed by atoms with Crippen molar-refractivity contribution in [3.63, 3.8) is 0 Å². The van der Waals surface area contributed by atoms with Gasteiger partial charge in [-0.1, -0.05) is 12.1 Å². The van der Waals surface area contributed by atoms with Crippen LogP contribution in [0.3, 0.4) is 0 Å². The summed E-state index contributed by atoms with van der Waals surface area (Å²) in [7, 11) is 0.334. The highest BCUT2D eigenvalue weighted by Gasteiger charge is 2.09.